The third kappa shape index (κ3) is 5.51. The molecule has 86 valence electrons. The van der Waals surface area contributed by atoms with Crippen molar-refractivity contribution in [3.63, 3.8) is 0 Å². The van der Waals surface area contributed by atoms with E-state index in [9.17, 15) is 15.3 Å². The van der Waals surface area contributed by atoms with Gasteiger partial charge < -0.3 is 15.3 Å². The van der Waals surface area contributed by atoms with Crippen molar-refractivity contribution in [3.05, 3.63) is 0 Å². The van der Waals surface area contributed by atoms with Crippen molar-refractivity contribution in [1.29, 1.82) is 0 Å². The summed E-state index contributed by atoms with van der Waals surface area (Å²) < 4.78 is 0. The summed E-state index contributed by atoms with van der Waals surface area (Å²) in [5.74, 6) is 0. The van der Waals surface area contributed by atoms with Gasteiger partial charge in [0, 0.05) is 0 Å². The lowest BCUT2D eigenvalue weighted by atomic mass is 10.3. The van der Waals surface area contributed by atoms with Crippen LogP contribution in [0.2, 0.25) is 0 Å². The average Bonchev–Trinajstić information content (AvgIpc) is 2.03. The highest BCUT2D eigenvalue weighted by atomic mass is 16.3. The van der Waals surface area contributed by atoms with Crippen LogP contribution >= 0.6 is 0 Å². The normalized spacial score (nSPS) is 18.2. The van der Waals surface area contributed by atoms with Crippen molar-refractivity contribution in [3.8, 4) is 0 Å². The second-order valence-corrected chi connectivity index (χ2v) is 3.44. The molecule has 0 aliphatic heterocycles. The molecule has 5 heteroatoms. The first kappa shape index (κ1) is 13.8. The molecule has 0 saturated heterocycles. The number of hydrogen-bond acceptors (Lipinski definition) is 5. The van der Waals surface area contributed by atoms with Crippen LogP contribution < -0.4 is 5.32 Å². The molecule has 5 nitrogen and oxygen atoms in total. The molecule has 0 rings (SSSR count). The summed E-state index contributed by atoms with van der Waals surface area (Å²) in [6.45, 7) is 5.38. The number of nitrogens with one attached hydrogen (secondary N) is 1. The predicted molar refractivity (Wildman–Crippen MR) is 54.1 cm³/mol. The Kier molecular flexibility index (Phi) is 7.04. The van der Waals surface area contributed by atoms with E-state index < -0.39 is 18.7 Å². The Balaban J connectivity index is 3.82. The van der Waals surface area contributed by atoms with Gasteiger partial charge in [0.2, 0.25) is 0 Å². The van der Waals surface area contributed by atoms with Gasteiger partial charge in [0.1, 0.15) is 18.7 Å². The summed E-state index contributed by atoms with van der Waals surface area (Å²) >= 11 is 0. The van der Waals surface area contributed by atoms with Crippen molar-refractivity contribution in [2.24, 2.45) is 0 Å². The molecule has 4 N–H and O–H groups in total. The molecule has 14 heavy (non-hydrogen) atoms. The minimum atomic E-state index is -0.740. The number of aliphatic hydroxyl groups excluding tert-OH is 3. The molecule has 0 amide bonds. The van der Waals surface area contributed by atoms with E-state index in [4.69, 9.17) is 0 Å². The van der Waals surface area contributed by atoms with Gasteiger partial charge in [-0.15, -0.1) is 0 Å². The zero-order chi connectivity index (χ0) is 11.1. The molecule has 0 spiro atoms. The van der Waals surface area contributed by atoms with Gasteiger partial charge in [-0.25, -0.2) is 4.90 Å². The van der Waals surface area contributed by atoms with Crippen molar-refractivity contribution >= 4 is 0 Å². The van der Waals surface area contributed by atoms with Gasteiger partial charge in [-0.3, -0.25) is 5.32 Å². The van der Waals surface area contributed by atoms with Crippen LogP contribution in [0, 0.1) is 0 Å². The number of aliphatic hydroxyl groups is 3. The minimum absolute atomic E-state index is 0.260. The third-order valence-corrected chi connectivity index (χ3v) is 2.03. The molecule has 3 unspecified atom stereocenters. The second kappa shape index (κ2) is 7.14. The summed E-state index contributed by atoms with van der Waals surface area (Å²) in [5.41, 5.74) is 0. The Morgan fingerprint density at radius 1 is 1.14 bits per heavy atom. The number of hydrogen-bond donors (Lipinski definition) is 4. The van der Waals surface area contributed by atoms with Gasteiger partial charge in [0.15, 0.2) is 0 Å². The van der Waals surface area contributed by atoms with Crippen LogP contribution in [0.25, 0.3) is 0 Å². The molecule has 0 bridgehead atoms. The molecular formula is C9H22N2O3. The Morgan fingerprint density at radius 3 is 2.00 bits per heavy atom. The fourth-order valence-corrected chi connectivity index (χ4v) is 1.16. The van der Waals surface area contributed by atoms with Crippen molar-refractivity contribution in [2.45, 2.75) is 52.3 Å². The zero-order valence-electron chi connectivity index (χ0n) is 9.14. The number of nitrogens with zero attached hydrogens (tertiary/aromatic N) is 1. The molecule has 0 aliphatic carbocycles. The van der Waals surface area contributed by atoms with Crippen LogP contribution in [-0.2, 0) is 0 Å². The van der Waals surface area contributed by atoms with Crippen LogP contribution in [0.4, 0.5) is 0 Å². The first-order valence-electron chi connectivity index (χ1n) is 5.02. The lowest BCUT2D eigenvalue weighted by molar-refractivity contribution is -0.0946. The Morgan fingerprint density at radius 2 is 1.64 bits per heavy atom. The van der Waals surface area contributed by atoms with Gasteiger partial charge in [-0.05, 0) is 20.3 Å². The molecule has 3 atom stereocenters. The molecule has 0 fully saturated rings. The van der Waals surface area contributed by atoms with E-state index in [1.165, 1.54) is 4.90 Å². The van der Waals surface area contributed by atoms with Crippen LogP contribution in [-0.4, -0.2) is 45.6 Å². The van der Waals surface area contributed by atoms with E-state index in [-0.39, 0.29) is 6.67 Å². The molecule has 0 aromatic heterocycles. The maximum Gasteiger partial charge on any atom is 0.107 e. The van der Waals surface area contributed by atoms with Gasteiger partial charge in [0.25, 0.3) is 0 Å². The maximum atomic E-state index is 9.36. The third-order valence-electron chi connectivity index (χ3n) is 2.03. The summed E-state index contributed by atoms with van der Waals surface area (Å²) in [6, 6.07) is 0. The van der Waals surface area contributed by atoms with E-state index in [1.807, 2.05) is 6.92 Å². The SMILES string of the molecule is CCCC(O)NCN(C(C)O)C(C)O. The lowest BCUT2D eigenvalue weighted by Gasteiger charge is -2.29. The Hall–Kier alpha value is -0.200. The fraction of sp³-hybridized carbons (Fsp3) is 1.00. The Labute approximate surface area is 85.4 Å². The standard InChI is InChI=1S/C9H22N2O3/c1-4-5-9(14)10-6-11(7(2)12)8(3)13/h7-10,12-14H,4-6H2,1-3H3. The predicted octanol–water partition coefficient (Wildman–Crippen LogP) is -0.369. The monoisotopic (exact) mass is 206 g/mol. The van der Waals surface area contributed by atoms with E-state index in [2.05, 4.69) is 5.32 Å². The maximum absolute atomic E-state index is 9.36. The molecular weight excluding hydrogens is 184 g/mol. The average molecular weight is 206 g/mol. The molecule has 0 radical (unpaired) electrons. The first-order chi connectivity index (χ1) is 6.49. The minimum Gasteiger partial charge on any atom is -0.379 e. The molecule has 0 heterocycles. The van der Waals surface area contributed by atoms with Gasteiger partial charge >= 0.3 is 0 Å². The summed E-state index contributed by atoms with van der Waals surface area (Å²) in [4.78, 5) is 1.43. The van der Waals surface area contributed by atoms with Crippen LogP contribution in [0.15, 0.2) is 0 Å². The number of rotatable bonds is 7. The zero-order valence-corrected chi connectivity index (χ0v) is 9.14. The van der Waals surface area contributed by atoms with Gasteiger partial charge in [-0.2, -0.15) is 0 Å². The van der Waals surface area contributed by atoms with Crippen molar-refractivity contribution in [2.75, 3.05) is 6.67 Å². The molecule has 0 aromatic carbocycles. The van der Waals surface area contributed by atoms with Crippen LogP contribution in [0.1, 0.15) is 33.6 Å². The first-order valence-corrected chi connectivity index (χ1v) is 5.02. The lowest BCUT2D eigenvalue weighted by Crippen LogP contribution is -2.48. The molecule has 0 aliphatic rings. The summed E-state index contributed by atoms with van der Waals surface area (Å²) in [5, 5.41) is 30.7. The van der Waals surface area contributed by atoms with E-state index in [0.717, 1.165) is 6.42 Å². The molecule has 0 saturated carbocycles. The molecule has 0 aromatic rings. The van der Waals surface area contributed by atoms with Gasteiger partial charge in [0.05, 0.1) is 6.67 Å². The topological polar surface area (TPSA) is 76.0 Å². The Bertz CT molecular complexity index is 134. The second-order valence-electron chi connectivity index (χ2n) is 3.44. The highest BCUT2D eigenvalue weighted by Gasteiger charge is 2.16. The summed E-state index contributed by atoms with van der Waals surface area (Å²) in [6.07, 6.45) is -0.516. The van der Waals surface area contributed by atoms with Crippen LogP contribution in [0.5, 0.6) is 0 Å². The van der Waals surface area contributed by atoms with Crippen molar-refractivity contribution < 1.29 is 15.3 Å². The fourth-order valence-electron chi connectivity index (χ4n) is 1.16. The summed E-state index contributed by atoms with van der Waals surface area (Å²) in [7, 11) is 0. The van der Waals surface area contributed by atoms with Crippen molar-refractivity contribution in [1.82, 2.24) is 10.2 Å². The van der Waals surface area contributed by atoms with Gasteiger partial charge in [-0.1, -0.05) is 13.3 Å². The largest absolute Gasteiger partial charge is 0.379 e. The smallest absolute Gasteiger partial charge is 0.107 e. The van der Waals surface area contributed by atoms with E-state index >= 15 is 0 Å². The quantitative estimate of drug-likeness (QED) is 0.428. The van der Waals surface area contributed by atoms with E-state index in [0.29, 0.717) is 6.42 Å². The highest BCUT2D eigenvalue weighted by Crippen LogP contribution is 2.00. The van der Waals surface area contributed by atoms with E-state index in [1.54, 1.807) is 13.8 Å². The van der Waals surface area contributed by atoms with Crippen LogP contribution in [0.3, 0.4) is 0 Å². The highest BCUT2D eigenvalue weighted by molar-refractivity contribution is 4.59.